The van der Waals surface area contributed by atoms with Crippen LogP contribution in [0.3, 0.4) is 0 Å². The molecule has 0 aromatic carbocycles. The second-order valence-corrected chi connectivity index (χ2v) is 4.54. The van der Waals surface area contributed by atoms with Crippen LogP contribution in [0.5, 0.6) is 0 Å². The van der Waals surface area contributed by atoms with Crippen LogP contribution in [0.15, 0.2) is 20.9 Å². The number of thiol groups is 1. The molecule has 1 aliphatic heterocycles. The number of rotatable bonds is 2. The van der Waals surface area contributed by atoms with Gasteiger partial charge in [-0.2, -0.15) is 0 Å². The first-order chi connectivity index (χ1) is 5.15. The molecule has 0 aromatic heterocycles. The SMILES string of the molecule is O=C[SH]1C=C(Br)C=C1C(=O)O. The molecule has 0 aliphatic carbocycles. The average molecular weight is 237 g/mol. The minimum Gasteiger partial charge on any atom is -0.477 e. The lowest BCUT2D eigenvalue weighted by Gasteiger charge is -2.03. The van der Waals surface area contributed by atoms with Crippen molar-refractivity contribution < 1.29 is 14.7 Å². The smallest absolute Gasteiger partial charge is 0.341 e. The van der Waals surface area contributed by atoms with Crippen molar-refractivity contribution in [3.05, 3.63) is 20.9 Å². The molecule has 3 nitrogen and oxygen atoms in total. The molecule has 1 heterocycles. The minimum absolute atomic E-state index is 0.182. The third-order valence-electron chi connectivity index (χ3n) is 1.15. The Hall–Kier alpha value is -0.550. The molecule has 60 valence electrons. The van der Waals surface area contributed by atoms with Crippen molar-refractivity contribution in [2.45, 2.75) is 0 Å². The van der Waals surface area contributed by atoms with Gasteiger partial charge in [0.1, 0.15) is 0 Å². The van der Waals surface area contributed by atoms with E-state index in [1.165, 1.54) is 6.08 Å². The van der Waals surface area contributed by atoms with Crippen LogP contribution >= 0.6 is 26.8 Å². The number of hydrogen-bond donors (Lipinski definition) is 2. The van der Waals surface area contributed by atoms with Crippen LogP contribution in [-0.2, 0) is 9.59 Å². The van der Waals surface area contributed by atoms with Crippen molar-refractivity contribution >= 4 is 38.4 Å². The number of carboxylic acid groups (broad SMARTS) is 1. The Bertz CT molecular complexity index is 269. The number of hydrogen-bond acceptors (Lipinski definition) is 2. The van der Waals surface area contributed by atoms with E-state index in [4.69, 9.17) is 5.11 Å². The van der Waals surface area contributed by atoms with Crippen molar-refractivity contribution in [2.24, 2.45) is 0 Å². The highest BCUT2D eigenvalue weighted by molar-refractivity contribution is 9.12. The van der Waals surface area contributed by atoms with Gasteiger partial charge in [0.2, 0.25) is 0 Å². The summed E-state index contributed by atoms with van der Waals surface area (Å²) in [5.41, 5.74) is 0.670. The molecular weight excluding hydrogens is 232 g/mol. The van der Waals surface area contributed by atoms with Gasteiger partial charge in [0.05, 0.1) is 4.91 Å². The Morgan fingerprint density at radius 2 is 2.36 bits per heavy atom. The highest BCUT2D eigenvalue weighted by Gasteiger charge is 2.19. The van der Waals surface area contributed by atoms with Crippen LogP contribution in [0.4, 0.5) is 0 Å². The lowest BCUT2D eigenvalue weighted by atomic mass is 10.5. The average Bonchev–Trinajstić information content (AvgIpc) is 2.30. The number of allylic oxidation sites excluding steroid dienone is 2. The van der Waals surface area contributed by atoms with Crippen molar-refractivity contribution in [3.63, 3.8) is 0 Å². The molecule has 1 N–H and O–H groups in total. The lowest BCUT2D eigenvalue weighted by molar-refractivity contribution is -0.131. The molecular formula is C6H5BrO3S. The van der Waals surface area contributed by atoms with Gasteiger partial charge in [-0.25, -0.2) is 4.79 Å². The summed E-state index contributed by atoms with van der Waals surface area (Å²) in [4.78, 5) is 21.0. The highest BCUT2D eigenvalue weighted by atomic mass is 79.9. The van der Waals surface area contributed by atoms with Crippen LogP contribution in [0.25, 0.3) is 0 Å². The first-order valence-electron chi connectivity index (χ1n) is 2.71. The van der Waals surface area contributed by atoms with Gasteiger partial charge in [-0.3, -0.25) is 4.79 Å². The fourth-order valence-electron chi connectivity index (χ4n) is 0.704. The molecule has 0 spiro atoms. The van der Waals surface area contributed by atoms with E-state index in [1.807, 2.05) is 0 Å². The molecule has 0 saturated heterocycles. The summed E-state index contributed by atoms with van der Waals surface area (Å²) in [6.45, 7) is 0. The molecule has 0 aromatic rings. The largest absolute Gasteiger partial charge is 0.477 e. The molecule has 1 atom stereocenters. The molecule has 1 rings (SSSR count). The fourth-order valence-corrected chi connectivity index (χ4v) is 2.93. The first kappa shape index (κ1) is 8.55. The van der Waals surface area contributed by atoms with Gasteiger partial charge < -0.3 is 5.11 Å². The van der Waals surface area contributed by atoms with Gasteiger partial charge in [0.15, 0.2) is 5.62 Å². The summed E-state index contributed by atoms with van der Waals surface area (Å²) < 4.78 is 0.674. The van der Waals surface area contributed by atoms with E-state index < -0.39 is 16.9 Å². The van der Waals surface area contributed by atoms with Crippen LogP contribution in [0.2, 0.25) is 0 Å². The maximum Gasteiger partial charge on any atom is 0.341 e. The molecule has 5 heteroatoms. The molecule has 0 bridgehead atoms. The summed E-state index contributed by atoms with van der Waals surface area (Å²) in [6, 6.07) is 0. The third-order valence-corrected chi connectivity index (χ3v) is 3.62. The van der Waals surface area contributed by atoms with E-state index in [0.29, 0.717) is 10.1 Å². The second kappa shape index (κ2) is 3.23. The quantitative estimate of drug-likeness (QED) is 0.563. The summed E-state index contributed by atoms with van der Waals surface area (Å²) in [5.74, 6) is -1.02. The van der Waals surface area contributed by atoms with E-state index in [2.05, 4.69) is 15.9 Å². The Morgan fingerprint density at radius 3 is 2.73 bits per heavy atom. The van der Waals surface area contributed by atoms with Crippen LogP contribution in [0, 0.1) is 0 Å². The summed E-state index contributed by atoms with van der Waals surface area (Å²) in [6.07, 6.45) is 1.46. The molecule has 0 amide bonds. The summed E-state index contributed by atoms with van der Waals surface area (Å²) in [5, 5.41) is 10.2. The van der Waals surface area contributed by atoms with E-state index in [0.717, 1.165) is 0 Å². The zero-order valence-corrected chi connectivity index (χ0v) is 7.80. The van der Waals surface area contributed by atoms with E-state index in [-0.39, 0.29) is 4.91 Å². The molecule has 0 fully saturated rings. The Labute approximate surface area is 74.3 Å². The van der Waals surface area contributed by atoms with Crippen molar-refractivity contribution in [3.8, 4) is 0 Å². The van der Waals surface area contributed by atoms with Gasteiger partial charge in [-0.05, 0) is 11.5 Å². The van der Waals surface area contributed by atoms with Gasteiger partial charge in [-0.1, -0.05) is 15.9 Å². The minimum atomic E-state index is -1.21. The standard InChI is InChI=1S/C6H5BrO3S/c7-4-1-5(6(9)10)11(2-4)3-8/h1-3,11H,(H,9,10). The predicted octanol–water partition coefficient (Wildman–Crippen LogP) is 1.40. The van der Waals surface area contributed by atoms with E-state index in [9.17, 15) is 9.59 Å². The van der Waals surface area contributed by atoms with Gasteiger partial charge in [0, 0.05) is 4.48 Å². The zero-order chi connectivity index (χ0) is 8.43. The number of carbonyl (C=O) groups is 2. The Morgan fingerprint density at radius 1 is 1.73 bits per heavy atom. The van der Waals surface area contributed by atoms with Gasteiger partial charge >= 0.3 is 5.97 Å². The first-order valence-corrected chi connectivity index (χ1v) is 4.98. The number of carbonyl (C=O) groups excluding carboxylic acids is 1. The van der Waals surface area contributed by atoms with Gasteiger partial charge in [0.25, 0.3) is 0 Å². The van der Waals surface area contributed by atoms with Crippen LogP contribution in [-0.4, -0.2) is 16.7 Å². The third kappa shape index (κ3) is 1.72. The second-order valence-electron chi connectivity index (χ2n) is 1.86. The molecule has 1 aliphatic rings. The summed E-state index contributed by atoms with van der Waals surface area (Å²) in [7, 11) is -1.21. The van der Waals surface area contributed by atoms with E-state index in [1.54, 1.807) is 5.41 Å². The van der Waals surface area contributed by atoms with E-state index >= 15 is 0 Å². The monoisotopic (exact) mass is 236 g/mol. The number of halogens is 1. The topological polar surface area (TPSA) is 54.4 Å². The predicted molar refractivity (Wildman–Crippen MR) is 48.5 cm³/mol. The maximum absolute atomic E-state index is 10.5. The normalized spacial score (nSPS) is 25.7. The lowest BCUT2D eigenvalue weighted by Crippen LogP contribution is -1.98. The van der Waals surface area contributed by atoms with Gasteiger partial charge in [-0.15, -0.1) is 10.9 Å². The molecule has 11 heavy (non-hydrogen) atoms. The molecule has 0 saturated carbocycles. The van der Waals surface area contributed by atoms with Crippen LogP contribution < -0.4 is 0 Å². The molecule has 1 unspecified atom stereocenters. The maximum atomic E-state index is 10.5. The van der Waals surface area contributed by atoms with Crippen molar-refractivity contribution in [1.82, 2.24) is 0 Å². The molecule has 0 radical (unpaired) electrons. The number of carboxylic acids is 1. The van der Waals surface area contributed by atoms with Crippen molar-refractivity contribution in [1.29, 1.82) is 0 Å². The van der Waals surface area contributed by atoms with Crippen LogP contribution in [0.1, 0.15) is 0 Å². The van der Waals surface area contributed by atoms with Crippen molar-refractivity contribution in [2.75, 3.05) is 0 Å². The highest BCUT2D eigenvalue weighted by Crippen LogP contribution is 2.42. The Balaban J connectivity index is 2.92. The zero-order valence-electron chi connectivity index (χ0n) is 5.32. The fraction of sp³-hybridized carbons (Fsp3) is 0. The summed E-state index contributed by atoms with van der Waals surface area (Å²) >= 11 is 3.11. The number of aliphatic carboxylic acids is 1. The Kier molecular flexibility index (Phi) is 2.51.